The molecule has 0 aromatic carbocycles. The Balaban J connectivity index is 1.75. The molecule has 0 radical (unpaired) electrons. The molecule has 0 spiro atoms. The third-order valence-corrected chi connectivity index (χ3v) is 4.44. The van der Waals surface area contributed by atoms with Crippen LogP contribution in [0, 0.1) is 5.92 Å². The number of nitrogens with zero attached hydrogens (tertiary/aromatic N) is 2. The van der Waals surface area contributed by atoms with Crippen molar-refractivity contribution in [3.05, 3.63) is 0 Å². The van der Waals surface area contributed by atoms with Gasteiger partial charge >= 0.3 is 12.0 Å². The van der Waals surface area contributed by atoms with Gasteiger partial charge in [-0.1, -0.05) is 0 Å². The summed E-state index contributed by atoms with van der Waals surface area (Å²) in [6.45, 7) is 7.65. The number of amides is 2. The van der Waals surface area contributed by atoms with Gasteiger partial charge in [0.05, 0.1) is 5.92 Å². The van der Waals surface area contributed by atoms with Crippen molar-refractivity contribution in [2.45, 2.75) is 45.2 Å². The van der Waals surface area contributed by atoms with E-state index in [1.54, 1.807) is 0 Å². The maximum Gasteiger partial charge on any atom is 0.317 e. The van der Waals surface area contributed by atoms with Crippen LogP contribution in [0.2, 0.25) is 0 Å². The summed E-state index contributed by atoms with van der Waals surface area (Å²) in [5.74, 6) is -1.04. The van der Waals surface area contributed by atoms with E-state index in [0.717, 1.165) is 32.6 Å². The Morgan fingerprint density at radius 3 is 2.30 bits per heavy atom. The molecule has 2 atom stereocenters. The van der Waals surface area contributed by atoms with Crippen LogP contribution in [0.1, 0.15) is 33.1 Å². The molecule has 1 heterocycles. The van der Waals surface area contributed by atoms with Crippen LogP contribution in [0.4, 0.5) is 4.79 Å². The Morgan fingerprint density at radius 2 is 1.80 bits per heavy atom. The van der Waals surface area contributed by atoms with E-state index in [4.69, 9.17) is 5.11 Å². The minimum absolute atomic E-state index is 0.0201. The summed E-state index contributed by atoms with van der Waals surface area (Å²) in [6, 6.07) is 0.502. The fourth-order valence-corrected chi connectivity index (χ4v) is 3.04. The minimum Gasteiger partial charge on any atom is -0.481 e. The van der Waals surface area contributed by atoms with E-state index in [1.165, 1.54) is 0 Å². The summed E-state index contributed by atoms with van der Waals surface area (Å²) in [5, 5.41) is 11.9. The number of rotatable bonds is 3. The van der Waals surface area contributed by atoms with E-state index < -0.39 is 5.97 Å². The van der Waals surface area contributed by atoms with Crippen molar-refractivity contribution in [2.24, 2.45) is 5.92 Å². The largest absolute Gasteiger partial charge is 0.481 e. The first kappa shape index (κ1) is 15.1. The molecule has 114 valence electrons. The number of aliphatic carboxylic acids is 1. The van der Waals surface area contributed by atoms with E-state index >= 15 is 0 Å². The number of carboxylic acid groups (broad SMARTS) is 1. The standard InChI is InChI=1S/C14H25N3O3/c1-10(2)16-5-7-17(8-6-16)14(20)15-12-4-3-11(9-12)13(18)19/h10-12H,3-9H2,1-2H3,(H,15,20)(H,18,19). The highest BCUT2D eigenvalue weighted by atomic mass is 16.4. The maximum absolute atomic E-state index is 12.2. The first-order valence-electron chi connectivity index (χ1n) is 7.49. The second-order valence-electron chi connectivity index (χ2n) is 6.11. The van der Waals surface area contributed by atoms with Gasteiger partial charge in [0.2, 0.25) is 0 Å². The number of hydrogen-bond acceptors (Lipinski definition) is 3. The van der Waals surface area contributed by atoms with Crippen LogP contribution in [0.25, 0.3) is 0 Å². The predicted molar refractivity (Wildman–Crippen MR) is 75.6 cm³/mol. The third kappa shape index (κ3) is 3.62. The molecule has 1 aliphatic carbocycles. The normalized spacial score (nSPS) is 27.9. The SMILES string of the molecule is CC(C)N1CCN(C(=O)NC2CCC(C(=O)O)C2)CC1. The number of carbonyl (C=O) groups is 2. The lowest BCUT2D eigenvalue weighted by Crippen LogP contribution is -2.54. The Bertz CT molecular complexity index is 365. The van der Waals surface area contributed by atoms with Crippen molar-refractivity contribution >= 4 is 12.0 Å². The maximum atomic E-state index is 12.2. The van der Waals surface area contributed by atoms with Crippen molar-refractivity contribution in [3.63, 3.8) is 0 Å². The molecule has 6 heteroatoms. The molecule has 1 aliphatic heterocycles. The van der Waals surface area contributed by atoms with E-state index in [-0.39, 0.29) is 18.0 Å². The van der Waals surface area contributed by atoms with Crippen LogP contribution < -0.4 is 5.32 Å². The van der Waals surface area contributed by atoms with Crippen LogP contribution >= 0.6 is 0 Å². The fraction of sp³-hybridized carbons (Fsp3) is 0.857. The first-order valence-corrected chi connectivity index (χ1v) is 7.49. The van der Waals surface area contributed by atoms with Crippen molar-refractivity contribution in [3.8, 4) is 0 Å². The number of carboxylic acids is 1. The number of urea groups is 1. The molecule has 0 aromatic heterocycles. The van der Waals surface area contributed by atoms with Gasteiger partial charge in [-0.05, 0) is 33.1 Å². The summed E-state index contributed by atoms with van der Waals surface area (Å²) < 4.78 is 0. The molecule has 2 unspecified atom stereocenters. The molecule has 0 aromatic rings. The number of nitrogens with one attached hydrogen (secondary N) is 1. The van der Waals surface area contributed by atoms with Gasteiger partial charge in [0.25, 0.3) is 0 Å². The lowest BCUT2D eigenvalue weighted by Gasteiger charge is -2.37. The summed E-state index contributed by atoms with van der Waals surface area (Å²) in [5.41, 5.74) is 0. The Hall–Kier alpha value is -1.30. The summed E-state index contributed by atoms with van der Waals surface area (Å²) in [4.78, 5) is 27.3. The molecule has 1 saturated heterocycles. The lowest BCUT2D eigenvalue weighted by atomic mass is 10.1. The number of hydrogen-bond donors (Lipinski definition) is 2. The van der Waals surface area contributed by atoms with E-state index in [0.29, 0.717) is 18.9 Å². The van der Waals surface area contributed by atoms with Gasteiger partial charge < -0.3 is 15.3 Å². The first-order chi connectivity index (χ1) is 9.47. The quantitative estimate of drug-likeness (QED) is 0.809. The predicted octanol–water partition coefficient (Wildman–Crippen LogP) is 0.975. The highest BCUT2D eigenvalue weighted by Gasteiger charge is 2.32. The zero-order chi connectivity index (χ0) is 14.7. The van der Waals surface area contributed by atoms with Crippen LogP contribution in [0.5, 0.6) is 0 Å². The molecule has 2 fully saturated rings. The van der Waals surface area contributed by atoms with Gasteiger partial charge in [-0.15, -0.1) is 0 Å². The molecule has 2 amide bonds. The Kier molecular flexibility index (Phi) is 4.86. The third-order valence-electron chi connectivity index (χ3n) is 4.44. The van der Waals surface area contributed by atoms with Crippen molar-refractivity contribution in [2.75, 3.05) is 26.2 Å². The van der Waals surface area contributed by atoms with Gasteiger partial charge in [0.1, 0.15) is 0 Å². The molecular formula is C14H25N3O3. The second-order valence-corrected chi connectivity index (χ2v) is 6.11. The van der Waals surface area contributed by atoms with Gasteiger partial charge in [-0.3, -0.25) is 9.69 Å². The van der Waals surface area contributed by atoms with Crippen LogP contribution in [-0.2, 0) is 4.79 Å². The molecule has 2 N–H and O–H groups in total. The number of piperazine rings is 1. The Morgan fingerprint density at radius 1 is 1.15 bits per heavy atom. The van der Waals surface area contributed by atoms with Gasteiger partial charge in [-0.25, -0.2) is 4.79 Å². The average molecular weight is 283 g/mol. The summed E-state index contributed by atoms with van der Waals surface area (Å²) >= 11 is 0. The Labute approximate surface area is 120 Å². The van der Waals surface area contributed by atoms with Crippen molar-refractivity contribution < 1.29 is 14.7 Å². The molecule has 1 saturated carbocycles. The molecule has 0 bridgehead atoms. The van der Waals surface area contributed by atoms with Crippen LogP contribution in [-0.4, -0.2) is 65.2 Å². The van der Waals surface area contributed by atoms with Gasteiger partial charge in [0.15, 0.2) is 0 Å². The van der Waals surface area contributed by atoms with E-state index in [2.05, 4.69) is 24.1 Å². The summed E-state index contributed by atoms with van der Waals surface area (Å²) in [6.07, 6.45) is 2.00. The molecule has 2 rings (SSSR count). The monoisotopic (exact) mass is 283 g/mol. The number of carbonyl (C=O) groups excluding carboxylic acids is 1. The van der Waals surface area contributed by atoms with Gasteiger partial charge in [-0.2, -0.15) is 0 Å². The molecule has 6 nitrogen and oxygen atoms in total. The highest BCUT2D eigenvalue weighted by Crippen LogP contribution is 2.25. The topological polar surface area (TPSA) is 72.9 Å². The fourth-order valence-electron chi connectivity index (χ4n) is 3.04. The van der Waals surface area contributed by atoms with Crippen molar-refractivity contribution in [1.29, 1.82) is 0 Å². The molecule has 2 aliphatic rings. The van der Waals surface area contributed by atoms with Crippen LogP contribution in [0.3, 0.4) is 0 Å². The molecule has 20 heavy (non-hydrogen) atoms. The van der Waals surface area contributed by atoms with E-state index in [9.17, 15) is 9.59 Å². The van der Waals surface area contributed by atoms with Gasteiger partial charge in [0, 0.05) is 38.3 Å². The van der Waals surface area contributed by atoms with Crippen LogP contribution in [0.15, 0.2) is 0 Å². The smallest absolute Gasteiger partial charge is 0.317 e. The summed E-state index contributed by atoms with van der Waals surface area (Å²) in [7, 11) is 0. The molecular weight excluding hydrogens is 258 g/mol. The average Bonchev–Trinajstić information content (AvgIpc) is 2.87. The minimum atomic E-state index is -0.743. The lowest BCUT2D eigenvalue weighted by molar-refractivity contribution is -0.141. The zero-order valence-corrected chi connectivity index (χ0v) is 12.3. The second kappa shape index (κ2) is 6.43. The van der Waals surface area contributed by atoms with Crippen molar-refractivity contribution in [1.82, 2.24) is 15.1 Å². The zero-order valence-electron chi connectivity index (χ0n) is 12.3. The van der Waals surface area contributed by atoms with E-state index in [1.807, 2.05) is 4.90 Å². The highest BCUT2D eigenvalue weighted by molar-refractivity contribution is 5.75.